The number of carboxylic acid groups (broad SMARTS) is 1. The number of nitrogens with zero attached hydrogens (tertiary/aromatic N) is 4. The van der Waals surface area contributed by atoms with Crippen LogP contribution in [0.15, 0.2) is 53.7 Å². The molecular formula is C18H17N5O6S. The van der Waals surface area contributed by atoms with Gasteiger partial charge in [-0.2, -0.15) is 0 Å². The van der Waals surface area contributed by atoms with E-state index in [1.807, 2.05) is 0 Å². The van der Waals surface area contributed by atoms with Crippen LogP contribution in [-0.4, -0.2) is 53.9 Å². The molecule has 11 nitrogen and oxygen atoms in total. The van der Waals surface area contributed by atoms with Gasteiger partial charge in [-0.25, -0.2) is 17.9 Å². The molecule has 0 spiro atoms. The molecule has 0 saturated carbocycles. The van der Waals surface area contributed by atoms with Crippen LogP contribution in [0, 0.1) is 0 Å². The zero-order valence-electron chi connectivity index (χ0n) is 15.9. The molecule has 0 atom stereocenters. The fraction of sp³-hybridized carbons (Fsp3) is 0.111. The van der Waals surface area contributed by atoms with Gasteiger partial charge in [-0.1, -0.05) is 0 Å². The Kier molecular flexibility index (Phi) is 5.97. The second kappa shape index (κ2) is 8.61. The molecule has 0 aliphatic heterocycles. The van der Waals surface area contributed by atoms with Crippen molar-refractivity contribution in [1.29, 1.82) is 0 Å². The summed E-state index contributed by atoms with van der Waals surface area (Å²) in [6.45, 7) is 0. The quantitative estimate of drug-likeness (QED) is 0.508. The number of aliphatic carboxylic acids is 1. The lowest BCUT2D eigenvalue weighted by Gasteiger charge is -2.15. The van der Waals surface area contributed by atoms with Crippen LogP contribution >= 0.6 is 0 Å². The molecule has 1 aromatic heterocycles. The number of hydrogen-bond acceptors (Lipinski definition) is 8. The molecule has 0 saturated heterocycles. The average Bonchev–Trinajstić information content (AvgIpc) is 3.26. The van der Waals surface area contributed by atoms with Gasteiger partial charge >= 0.3 is 5.97 Å². The molecule has 0 fully saturated rings. The van der Waals surface area contributed by atoms with Crippen molar-refractivity contribution in [2.24, 2.45) is 0 Å². The molecule has 0 radical (unpaired) electrons. The molecule has 0 unspecified atom stereocenters. The first kappa shape index (κ1) is 20.8. The minimum Gasteiger partial charge on any atom is -0.493 e. The first-order valence-electron chi connectivity index (χ1n) is 8.37. The van der Waals surface area contributed by atoms with Crippen molar-refractivity contribution >= 4 is 27.8 Å². The summed E-state index contributed by atoms with van der Waals surface area (Å²) in [7, 11) is -1.44. The summed E-state index contributed by atoms with van der Waals surface area (Å²) in [6, 6.07) is 9.13. The predicted octanol–water partition coefficient (Wildman–Crippen LogP) is 1.58. The van der Waals surface area contributed by atoms with Crippen LogP contribution in [0.3, 0.4) is 0 Å². The second-order valence-electron chi connectivity index (χ2n) is 5.83. The van der Waals surface area contributed by atoms with Crippen molar-refractivity contribution in [2.75, 3.05) is 18.9 Å². The minimum absolute atomic E-state index is 0.0113. The number of carbonyl (C=O) groups is 1. The van der Waals surface area contributed by atoms with E-state index in [0.29, 0.717) is 16.9 Å². The highest BCUT2D eigenvalue weighted by Gasteiger charge is 2.24. The highest BCUT2D eigenvalue weighted by atomic mass is 32.2. The number of ether oxygens (including phenoxy) is 2. The summed E-state index contributed by atoms with van der Waals surface area (Å²) in [6.07, 6.45) is 3.56. The van der Waals surface area contributed by atoms with Crippen LogP contribution < -0.4 is 14.2 Å². The lowest BCUT2D eigenvalue weighted by molar-refractivity contribution is -0.131. The number of rotatable bonds is 8. The molecule has 3 rings (SSSR count). The molecule has 156 valence electrons. The van der Waals surface area contributed by atoms with Gasteiger partial charge in [0.15, 0.2) is 11.5 Å². The van der Waals surface area contributed by atoms with Crippen molar-refractivity contribution in [3.63, 3.8) is 0 Å². The van der Waals surface area contributed by atoms with Crippen LogP contribution in [0.2, 0.25) is 0 Å². The van der Waals surface area contributed by atoms with Crippen molar-refractivity contribution in [3.8, 4) is 17.2 Å². The Morgan fingerprint density at radius 3 is 2.47 bits per heavy atom. The van der Waals surface area contributed by atoms with Gasteiger partial charge < -0.3 is 14.6 Å². The average molecular weight is 431 g/mol. The maximum atomic E-state index is 13.0. The Bertz CT molecular complexity index is 1170. The zero-order chi connectivity index (χ0) is 21.7. The number of sulfonamides is 1. The van der Waals surface area contributed by atoms with Crippen LogP contribution in [0.4, 0.5) is 5.69 Å². The molecular weight excluding hydrogens is 414 g/mol. The minimum atomic E-state index is -4.10. The monoisotopic (exact) mass is 431 g/mol. The number of methoxy groups -OCH3 is 2. The standard InChI is InChI=1S/C18H17N5O6S/c1-28-15-9-12(3-8-17(24)25)10-16(18(15)29-2)30(26,27)20-13-4-6-14(7-5-13)23-11-19-21-22-23/h3-11,20H,1-2H3,(H,24,25)/b8-3+. The van der Waals surface area contributed by atoms with Gasteiger partial charge in [-0.3, -0.25) is 4.72 Å². The number of tetrazole rings is 1. The van der Waals surface area contributed by atoms with Crippen molar-refractivity contribution in [1.82, 2.24) is 20.2 Å². The van der Waals surface area contributed by atoms with E-state index in [2.05, 4.69) is 20.2 Å². The third-order valence-corrected chi connectivity index (χ3v) is 5.29. The first-order valence-corrected chi connectivity index (χ1v) is 9.85. The van der Waals surface area contributed by atoms with Crippen LogP contribution in [-0.2, 0) is 14.8 Å². The summed E-state index contributed by atoms with van der Waals surface area (Å²) in [5.74, 6) is -1.04. The van der Waals surface area contributed by atoms with Crippen molar-refractivity contribution < 1.29 is 27.8 Å². The number of anilines is 1. The summed E-state index contributed by atoms with van der Waals surface area (Å²) < 4.78 is 40.4. The Balaban J connectivity index is 1.97. The summed E-state index contributed by atoms with van der Waals surface area (Å²) >= 11 is 0. The van der Waals surface area contributed by atoms with Crippen molar-refractivity contribution in [2.45, 2.75) is 4.90 Å². The molecule has 1 heterocycles. The summed E-state index contributed by atoms with van der Waals surface area (Å²) in [4.78, 5) is 10.6. The lowest BCUT2D eigenvalue weighted by atomic mass is 10.2. The highest BCUT2D eigenvalue weighted by Crippen LogP contribution is 2.37. The number of carboxylic acids is 1. The topological polar surface area (TPSA) is 146 Å². The Morgan fingerprint density at radius 2 is 1.90 bits per heavy atom. The zero-order valence-corrected chi connectivity index (χ0v) is 16.7. The molecule has 2 N–H and O–H groups in total. The normalized spacial score (nSPS) is 11.4. The van der Waals surface area contributed by atoms with E-state index in [-0.39, 0.29) is 16.4 Å². The van der Waals surface area contributed by atoms with Gasteiger partial charge in [-0.15, -0.1) is 5.10 Å². The van der Waals surface area contributed by atoms with Gasteiger partial charge in [0.1, 0.15) is 11.2 Å². The van der Waals surface area contributed by atoms with Gasteiger partial charge in [0.25, 0.3) is 10.0 Å². The highest BCUT2D eigenvalue weighted by molar-refractivity contribution is 7.92. The molecule has 30 heavy (non-hydrogen) atoms. The fourth-order valence-electron chi connectivity index (χ4n) is 2.59. The third kappa shape index (κ3) is 4.55. The molecule has 0 aliphatic carbocycles. The predicted molar refractivity (Wildman–Crippen MR) is 106 cm³/mol. The molecule has 2 aromatic carbocycles. The molecule has 0 bridgehead atoms. The van der Waals surface area contributed by atoms with Gasteiger partial charge in [-0.05, 0) is 58.5 Å². The van der Waals surface area contributed by atoms with Crippen LogP contribution in [0.1, 0.15) is 5.56 Å². The fourth-order valence-corrected chi connectivity index (χ4v) is 3.86. The molecule has 0 aliphatic rings. The first-order chi connectivity index (χ1) is 14.3. The maximum absolute atomic E-state index is 13.0. The smallest absolute Gasteiger partial charge is 0.328 e. The second-order valence-corrected chi connectivity index (χ2v) is 7.48. The summed E-state index contributed by atoms with van der Waals surface area (Å²) in [5, 5.41) is 19.7. The maximum Gasteiger partial charge on any atom is 0.328 e. The molecule has 3 aromatic rings. The lowest BCUT2D eigenvalue weighted by Crippen LogP contribution is -2.15. The van der Waals surface area contributed by atoms with E-state index in [9.17, 15) is 13.2 Å². The number of nitrogens with one attached hydrogen (secondary N) is 1. The Labute approximate surface area is 171 Å². The summed E-state index contributed by atoms with van der Waals surface area (Å²) in [5.41, 5.74) is 1.24. The number of aromatic nitrogens is 4. The van der Waals surface area contributed by atoms with E-state index in [4.69, 9.17) is 14.6 Å². The van der Waals surface area contributed by atoms with E-state index >= 15 is 0 Å². The van der Waals surface area contributed by atoms with E-state index in [1.54, 1.807) is 24.3 Å². The SMILES string of the molecule is COc1cc(/C=C/C(=O)O)cc(S(=O)(=O)Nc2ccc(-n3cnnn3)cc2)c1OC. The number of benzene rings is 2. The molecule has 0 amide bonds. The van der Waals surface area contributed by atoms with Crippen molar-refractivity contribution in [3.05, 3.63) is 54.4 Å². The Hall–Kier alpha value is -3.93. The van der Waals surface area contributed by atoms with E-state index < -0.39 is 16.0 Å². The van der Waals surface area contributed by atoms with Gasteiger partial charge in [0.2, 0.25) is 0 Å². The number of hydrogen-bond donors (Lipinski definition) is 2. The largest absolute Gasteiger partial charge is 0.493 e. The third-order valence-electron chi connectivity index (χ3n) is 3.91. The Morgan fingerprint density at radius 1 is 1.17 bits per heavy atom. The van der Waals surface area contributed by atoms with E-state index in [1.165, 1.54) is 43.4 Å². The molecule has 12 heteroatoms. The van der Waals surface area contributed by atoms with Gasteiger partial charge in [0, 0.05) is 11.8 Å². The van der Waals surface area contributed by atoms with Crippen LogP contribution in [0.5, 0.6) is 11.5 Å². The van der Waals surface area contributed by atoms with Crippen LogP contribution in [0.25, 0.3) is 11.8 Å². The van der Waals surface area contributed by atoms with E-state index in [0.717, 1.165) is 6.08 Å². The van der Waals surface area contributed by atoms with Gasteiger partial charge in [0.05, 0.1) is 19.9 Å².